The number of likely N-dealkylation sites (tertiary alicyclic amines) is 1. The molecule has 0 spiro atoms. The van der Waals surface area contributed by atoms with Crippen LogP contribution in [0.25, 0.3) is 11.0 Å². The van der Waals surface area contributed by atoms with E-state index in [1.54, 1.807) is 12.1 Å². The predicted molar refractivity (Wildman–Crippen MR) is 171 cm³/mol. The van der Waals surface area contributed by atoms with Gasteiger partial charge in [0.15, 0.2) is 6.29 Å². The number of nitrogens with one attached hydrogen (secondary N) is 2. The Hall–Kier alpha value is -2.89. The molecular weight excluding hydrogens is 627 g/mol. The number of aliphatic hydroxyl groups excluding tert-OH is 1. The van der Waals surface area contributed by atoms with Crippen LogP contribution in [-0.4, -0.2) is 55.0 Å². The van der Waals surface area contributed by atoms with Crippen LogP contribution >= 0.6 is 34.8 Å². The fraction of sp³-hybridized carbons (Fsp3) is 0.375. The smallest absolute Gasteiger partial charge is 0.326 e. The van der Waals surface area contributed by atoms with Crippen LogP contribution in [-0.2, 0) is 20.9 Å². The van der Waals surface area contributed by atoms with Crippen molar-refractivity contribution in [1.29, 1.82) is 0 Å². The molecule has 44 heavy (non-hydrogen) atoms. The summed E-state index contributed by atoms with van der Waals surface area (Å²) < 4.78 is 12.8. The second kappa shape index (κ2) is 13.2. The summed E-state index contributed by atoms with van der Waals surface area (Å²) in [7, 11) is 0. The number of imidazole rings is 1. The number of ether oxygens (including phenoxy) is 2. The molecule has 3 aromatic carbocycles. The van der Waals surface area contributed by atoms with E-state index >= 15 is 0 Å². The van der Waals surface area contributed by atoms with Gasteiger partial charge >= 0.3 is 5.69 Å². The Labute approximate surface area is 269 Å². The van der Waals surface area contributed by atoms with Crippen LogP contribution in [0.15, 0.2) is 77.6 Å². The standard InChI is InChI=1S/C32H33Cl3N4O5/c33-32(34,35)30(41)36-23-11-9-22(10-12-23)29-43-25(17-28(44-29)21-7-5-20(19-40)6-8-21)18-38-15-13-24(14-16-38)39-27-4-2-1-3-26(27)37-31(39)42/h1-12,24-25,28-29,40H,13-19H2,(H,36,41)(H,37,42)/t25-,28+,29+/m1/s1. The van der Waals surface area contributed by atoms with Gasteiger partial charge in [0.2, 0.25) is 0 Å². The van der Waals surface area contributed by atoms with Crippen molar-refractivity contribution >= 4 is 57.4 Å². The van der Waals surface area contributed by atoms with E-state index < -0.39 is 16.0 Å². The maximum Gasteiger partial charge on any atom is 0.326 e. The average molecular weight is 660 g/mol. The first-order valence-corrected chi connectivity index (χ1v) is 15.7. The molecule has 3 atom stereocenters. The number of benzene rings is 3. The number of nitrogens with zero attached hydrogens (tertiary/aromatic N) is 2. The van der Waals surface area contributed by atoms with Crippen molar-refractivity contribution in [3.8, 4) is 0 Å². The first-order chi connectivity index (χ1) is 21.2. The monoisotopic (exact) mass is 658 g/mol. The number of alkyl halides is 3. The Kier molecular flexibility index (Phi) is 9.35. The van der Waals surface area contributed by atoms with Gasteiger partial charge in [0.1, 0.15) is 0 Å². The van der Waals surface area contributed by atoms with Crippen molar-refractivity contribution in [2.45, 2.75) is 54.2 Å². The van der Waals surface area contributed by atoms with Crippen molar-refractivity contribution < 1.29 is 19.4 Å². The zero-order chi connectivity index (χ0) is 30.8. The van der Waals surface area contributed by atoms with E-state index in [2.05, 4.69) is 15.2 Å². The zero-order valence-electron chi connectivity index (χ0n) is 23.8. The van der Waals surface area contributed by atoms with Crippen LogP contribution in [0.5, 0.6) is 0 Å². The normalized spacial score (nSPS) is 21.9. The molecule has 0 radical (unpaired) electrons. The summed E-state index contributed by atoms with van der Waals surface area (Å²) in [5, 5.41) is 12.1. The minimum absolute atomic E-state index is 0.0258. The number of rotatable bonds is 7. The number of amides is 1. The van der Waals surface area contributed by atoms with Gasteiger partial charge in [-0.15, -0.1) is 0 Å². The van der Waals surface area contributed by atoms with Gasteiger partial charge in [0.05, 0.1) is 29.8 Å². The Bertz CT molecular complexity index is 1640. The zero-order valence-corrected chi connectivity index (χ0v) is 26.1. The van der Waals surface area contributed by atoms with E-state index in [4.69, 9.17) is 44.3 Å². The van der Waals surface area contributed by atoms with E-state index in [1.807, 2.05) is 65.2 Å². The number of anilines is 1. The highest BCUT2D eigenvalue weighted by molar-refractivity contribution is 6.76. The summed E-state index contributed by atoms with van der Waals surface area (Å²) in [6, 6.07) is 22.8. The number of aromatic nitrogens is 2. The SMILES string of the molecule is O=C(Nc1ccc([C@H]2O[C@@H](CN3CCC(n4c(=O)[nH]c5ccccc54)CC3)C[C@@H](c3ccc(CO)cc3)O2)cc1)C(Cl)(Cl)Cl. The number of fused-ring (bicyclic) bond motifs is 1. The second-order valence-electron chi connectivity index (χ2n) is 11.3. The molecule has 12 heteroatoms. The van der Waals surface area contributed by atoms with E-state index in [0.29, 0.717) is 12.1 Å². The lowest BCUT2D eigenvalue weighted by molar-refractivity contribution is -0.253. The number of hydrogen-bond donors (Lipinski definition) is 3. The molecule has 0 saturated carbocycles. The number of H-pyrrole nitrogens is 1. The molecule has 1 aromatic heterocycles. The third-order valence-corrected chi connectivity index (χ3v) is 8.84. The minimum atomic E-state index is -2.07. The van der Waals surface area contributed by atoms with Crippen molar-refractivity contribution in [1.82, 2.24) is 14.5 Å². The van der Waals surface area contributed by atoms with Gasteiger partial charge in [-0.1, -0.05) is 83.3 Å². The van der Waals surface area contributed by atoms with Crippen LogP contribution < -0.4 is 11.0 Å². The summed E-state index contributed by atoms with van der Waals surface area (Å²) in [6.45, 7) is 2.38. The van der Waals surface area contributed by atoms with Crippen LogP contribution in [0.1, 0.15) is 54.4 Å². The van der Waals surface area contributed by atoms with Crippen LogP contribution in [0.4, 0.5) is 5.69 Å². The number of hydrogen-bond acceptors (Lipinski definition) is 6. The molecule has 0 aliphatic carbocycles. The molecule has 4 aromatic rings. The molecule has 3 N–H and O–H groups in total. The van der Waals surface area contributed by atoms with E-state index in [0.717, 1.165) is 60.2 Å². The average Bonchev–Trinajstić information content (AvgIpc) is 3.37. The maximum absolute atomic E-state index is 12.7. The largest absolute Gasteiger partial charge is 0.392 e. The Morgan fingerprint density at radius 1 is 0.955 bits per heavy atom. The van der Waals surface area contributed by atoms with Crippen LogP contribution in [0.3, 0.4) is 0 Å². The molecule has 0 unspecified atom stereocenters. The van der Waals surface area contributed by atoms with Gasteiger partial charge in [0.25, 0.3) is 9.70 Å². The van der Waals surface area contributed by atoms with Crippen molar-refractivity contribution in [3.63, 3.8) is 0 Å². The molecule has 2 fully saturated rings. The summed E-state index contributed by atoms with van der Waals surface area (Å²) in [5.41, 5.74) is 4.85. The number of carbonyl (C=O) groups excluding carboxylic acids is 1. The van der Waals surface area contributed by atoms with Crippen LogP contribution in [0.2, 0.25) is 0 Å². The van der Waals surface area contributed by atoms with E-state index in [9.17, 15) is 14.7 Å². The quantitative estimate of drug-likeness (QED) is 0.210. The molecule has 0 bridgehead atoms. The number of aliphatic hydroxyl groups is 1. The van der Waals surface area contributed by atoms with Gasteiger partial charge in [-0.2, -0.15) is 0 Å². The lowest BCUT2D eigenvalue weighted by atomic mass is 9.98. The molecule has 2 saturated heterocycles. The van der Waals surface area contributed by atoms with Gasteiger partial charge in [-0.05, 0) is 48.2 Å². The van der Waals surface area contributed by atoms with Crippen LogP contribution in [0, 0.1) is 0 Å². The summed E-state index contributed by atoms with van der Waals surface area (Å²) in [6.07, 6.45) is 1.40. The molecule has 232 valence electrons. The van der Waals surface area contributed by atoms with Gasteiger partial charge < -0.3 is 29.8 Å². The fourth-order valence-corrected chi connectivity index (χ4v) is 6.19. The van der Waals surface area contributed by atoms with E-state index in [1.165, 1.54) is 0 Å². The third kappa shape index (κ3) is 7.00. The molecular formula is C32H33Cl3N4O5. The maximum atomic E-state index is 12.7. The van der Waals surface area contributed by atoms with Crippen molar-refractivity contribution in [2.75, 3.05) is 25.0 Å². The Balaban J connectivity index is 1.15. The Morgan fingerprint density at radius 2 is 1.64 bits per heavy atom. The number of halogens is 3. The number of carbonyl (C=O) groups is 1. The van der Waals surface area contributed by atoms with E-state index in [-0.39, 0.29) is 30.5 Å². The molecule has 2 aliphatic rings. The van der Waals surface area contributed by atoms with Crippen molar-refractivity contribution in [2.24, 2.45) is 0 Å². The summed E-state index contributed by atoms with van der Waals surface area (Å²) in [5.74, 6) is -0.745. The van der Waals surface area contributed by atoms with Crippen molar-refractivity contribution in [3.05, 3.63) is 100.0 Å². The summed E-state index contributed by atoms with van der Waals surface area (Å²) in [4.78, 5) is 30.2. The molecule has 3 heterocycles. The third-order valence-electron chi connectivity index (χ3n) is 8.32. The number of aromatic amines is 1. The highest BCUT2D eigenvalue weighted by Crippen LogP contribution is 2.39. The second-order valence-corrected chi connectivity index (χ2v) is 13.6. The fourth-order valence-electron chi connectivity index (χ4n) is 6.04. The molecule has 6 rings (SSSR count). The van der Waals surface area contributed by atoms with Gasteiger partial charge in [-0.3, -0.25) is 9.36 Å². The Morgan fingerprint density at radius 3 is 2.32 bits per heavy atom. The predicted octanol–water partition coefficient (Wildman–Crippen LogP) is 6.01. The first-order valence-electron chi connectivity index (χ1n) is 14.6. The summed E-state index contributed by atoms with van der Waals surface area (Å²) >= 11 is 17.1. The number of para-hydroxylation sites is 2. The lowest BCUT2D eigenvalue weighted by Gasteiger charge is -2.40. The highest BCUT2D eigenvalue weighted by Gasteiger charge is 2.35. The topological polar surface area (TPSA) is 109 Å². The molecule has 1 amide bonds. The van der Waals surface area contributed by atoms with Gasteiger partial charge in [0, 0.05) is 43.3 Å². The molecule has 2 aliphatic heterocycles. The number of piperidine rings is 1. The van der Waals surface area contributed by atoms with Gasteiger partial charge in [-0.25, -0.2) is 4.79 Å². The first kappa shape index (κ1) is 31.1. The lowest BCUT2D eigenvalue weighted by Crippen LogP contribution is -2.43. The molecule has 9 nitrogen and oxygen atoms in total. The highest BCUT2D eigenvalue weighted by atomic mass is 35.6. The minimum Gasteiger partial charge on any atom is -0.392 e.